The molecule has 0 bridgehead atoms. The van der Waals surface area contributed by atoms with Gasteiger partial charge in [0.1, 0.15) is 5.60 Å². The van der Waals surface area contributed by atoms with Crippen LogP contribution in [0.4, 0.5) is 0 Å². The third kappa shape index (κ3) is 3.65. The summed E-state index contributed by atoms with van der Waals surface area (Å²) >= 11 is 1.62. The predicted octanol–water partition coefficient (Wildman–Crippen LogP) is 2.29. The van der Waals surface area contributed by atoms with Gasteiger partial charge in [0.2, 0.25) is 0 Å². The van der Waals surface area contributed by atoms with Gasteiger partial charge in [-0.1, -0.05) is 12.8 Å². The van der Waals surface area contributed by atoms with Crippen LogP contribution in [0.5, 0.6) is 0 Å². The van der Waals surface area contributed by atoms with E-state index in [2.05, 4.69) is 11.4 Å². The lowest BCUT2D eigenvalue weighted by Crippen LogP contribution is -2.43. The van der Waals surface area contributed by atoms with Gasteiger partial charge in [-0.05, 0) is 37.3 Å². The van der Waals surface area contributed by atoms with Gasteiger partial charge in [0.15, 0.2) is 0 Å². The number of nitrogens with one attached hydrogen (secondary N) is 1. The number of carbonyl (C=O) groups is 1. The maximum absolute atomic E-state index is 12.3. The molecule has 1 saturated heterocycles. The smallest absolute Gasteiger partial charge is 0.261 e. The number of ether oxygens (including phenoxy) is 1. The van der Waals surface area contributed by atoms with Crippen molar-refractivity contribution in [1.82, 2.24) is 5.32 Å². The number of hydrogen-bond donors (Lipinski definition) is 2. The van der Waals surface area contributed by atoms with Crippen LogP contribution in [0, 0.1) is 0 Å². The van der Waals surface area contributed by atoms with E-state index in [0.29, 0.717) is 19.6 Å². The summed E-state index contributed by atoms with van der Waals surface area (Å²) in [4.78, 5) is 14.4. The molecule has 1 aromatic rings. The molecule has 1 aliphatic carbocycles. The van der Waals surface area contributed by atoms with E-state index < -0.39 is 5.60 Å². The van der Waals surface area contributed by atoms with Crippen LogP contribution in [-0.4, -0.2) is 36.4 Å². The lowest BCUT2D eigenvalue weighted by molar-refractivity contribution is 0.0265. The Morgan fingerprint density at radius 3 is 2.90 bits per heavy atom. The topological polar surface area (TPSA) is 58.6 Å². The number of carbonyl (C=O) groups excluding carboxylic acids is 1. The molecule has 1 amide bonds. The van der Waals surface area contributed by atoms with E-state index in [1.165, 1.54) is 36.1 Å². The molecule has 2 aliphatic rings. The molecule has 0 aromatic carbocycles. The van der Waals surface area contributed by atoms with Gasteiger partial charge >= 0.3 is 0 Å². The second-order valence-electron chi connectivity index (χ2n) is 6.18. The summed E-state index contributed by atoms with van der Waals surface area (Å²) in [6.07, 6.45) is 7.83. The van der Waals surface area contributed by atoms with E-state index in [1.54, 1.807) is 11.3 Å². The van der Waals surface area contributed by atoms with Crippen molar-refractivity contribution in [3.8, 4) is 0 Å². The summed E-state index contributed by atoms with van der Waals surface area (Å²) in [7, 11) is 0. The van der Waals surface area contributed by atoms with Crippen LogP contribution in [0.2, 0.25) is 0 Å². The predicted molar refractivity (Wildman–Crippen MR) is 82.9 cm³/mol. The third-order valence-corrected chi connectivity index (χ3v) is 5.62. The van der Waals surface area contributed by atoms with Gasteiger partial charge in [-0.2, -0.15) is 0 Å². The number of thiophene rings is 1. The zero-order valence-corrected chi connectivity index (χ0v) is 13.1. The van der Waals surface area contributed by atoms with Crippen LogP contribution < -0.4 is 5.32 Å². The van der Waals surface area contributed by atoms with Gasteiger partial charge in [-0.3, -0.25) is 4.79 Å². The SMILES string of the molecule is O=C(NCC1(O)CCOC1)c1cc2c(s1)CCCCCC2. The second kappa shape index (κ2) is 6.46. The summed E-state index contributed by atoms with van der Waals surface area (Å²) in [6, 6.07) is 2.05. The Labute approximate surface area is 129 Å². The molecule has 5 heteroatoms. The molecule has 21 heavy (non-hydrogen) atoms. The molecule has 2 N–H and O–H groups in total. The minimum absolute atomic E-state index is 0.0629. The summed E-state index contributed by atoms with van der Waals surface area (Å²) in [5.74, 6) is -0.0629. The van der Waals surface area contributed by atoms with Gasteiger partial charge in [0, 0.05) is 24.4 Å². The molecule has 116 valence electrons. The van der Waals surface area contributed by atoms with Crippen molar-refractivity contribution in [3.63, 3.8) is 0 Å². The first-order valence-corrected chi connectivity index (χ1v) is 8.68. The molecular weight excluding hydrogens is 286 g/mol. The van der Waals surface area contributed by atoms with Gasteiger partial charge in [0.25, 0.3) is 5.91 Å². The molecule has 0 radical (unpaired) electrons. The molecule has 2 heterocycles. The van der Waals surface area contributed by atoms with E-state index in [-0.39, 0.29) is 12.5 Å². The van der Waals surface area contributed by atoms with E-state index in [1.807, 2.05) is 0 Å². The van der Waals surface area contributed by atoms with E-state index >= 15 is 0 Å². The quantitative estimate of drug-likeness (QED) is 0.900. The fraction of sp³-hybridized carbons (Fsp3) is 0.688. The molecule has 1 aliphatic heterocycles. The van der Waals surface area contributed by atoms with E-state index in [0.717, 1.165) is 17.7 Å². The van der Waals surface area contributed by atoms with Crippen LogP contribution in [0.3, 0.4) is 0 Å². The Bertz CT molecular complexity index is 480. The monoisotopic (exact) mass is 309 g/mol. The summed E-state index contributed by atoms with van der Waals surface area (Å²) in [5.41, 5.74) is 0.467. The first-order valence-electron chi connectivity index (χ1n) is 7.86. The Morgan fingerprint density at radius 1 is 1.33 bits per heavy atom. The molecular formula is C16H23NO3S. The molecule has 1 unspecified atom stereocenters. The molecule has 0 saturated carbocycles. The minimum atomic E-state index is -0.887. The first kappa shape index (κ1) is 15.0. The highest BCUT2D eigenvalue weighted by molar-refractivity contribution is 7.14. The zero-order valence-electron chi connectivity index (χ0n) is 12.3. The van der Waals surface area contributed by atoms with Crippen LogP contribution in [0.25, 0.3) is 0 Å². The number of amides is 1. The Morgan fingerprint density at radius 2 is 2.14 bits per heavy atom. The molecule has 1 aromatic heterocycles. The zero-order chi connectivity index (χ0) is 14.7. The summed E-state index contributed by atoms with van der Waals surface area (Å²) < 4.78 is 5.19. The van der Waals surface area contributed by atoms with Gasteiger partial charge in [-0.25, -0.2) is 0 Å². The minimum Gasteiger partial charge on any atom is -0.386 e. The van der Waals surface area contributed by atoms with E-state index in [9.17, 15) is 9.90 Å². The van der Waals surface area contributed by atoms with Crippen LogP contribution in [0.1, 0.15) is 52.2 Å². The molecule has 1 fully saturated rings. The summed E-state index contributed by atoms with van der Waals surface area (Å²) in [6.45, 7) is 1.16. The Kier molecular flexibility index (Phi) is 4.62. The fourth-order valence-electron chi connectivity index (χ4n) is 3.02. The van der Waals surface area contributed by atoms with Gasteiger partial charge in [-0.15, -0.1) is 11.3 Å². The van der Waals surface area contributed by atoms with Crippen molar-refractivity contribution in [2.75, 3.05) is 19.8 Å². The maximum atomic E-state index is 12.3. The normalized spacial score (nSPS) is 26.0. The van der Waals surface area contributed by atoms with Crippen molar-refractivity contribution in [2.45, 2.75) is 50.5 Å². The van der Waals surface area contributed by atoms with Crippen LogP contribution in [-0.2, 0) is 17.6 Å². The number of fused-ring (bicyclic) bond motifs is 1. The van der Waals surface area contributed by atoms with Crippen LogP contribution >= 0.6 is 11.3 Å². The average molecular weight is 309 g/mol. The highest BCUT2D eigenvalue weighted by atomic mass is 32.1. The lowest BCUT2D eigenvalue weighted by atomic mass is 9.99. The number of rotatable bonds is 3. The summed E-state index contributed by atoms with van der Waals surface area (Å²) in [5, 5.41) is 13.1. The second-order valence-corrected chi connectivity index (χ2v) is 7.32. The number of hydrogen-bond acceptors (Lipinski definition) is 4. The molecule has 4 nitrogen and oxygen atoms in total. The average Bonchev–Trinajstić information content (AvgIpc) is 3.04. The van der Waals surface area contributed by atoms with Gasteiger partial charge < -0.3 is 15.2 Å². The molecule has 3 rings (SSSR count). The highest BCUT2D eigenvalue weighted by Gasteiger charge is 2.32. The largest absolute Gasteiger partial charge is 0.386 e. The van der Waals surface area contributed by atoms with Gasteiger partial charge in [0.05, 0.1) is 11.5 Å². The maximum Gasteiger partial charge on any atom is 0.261 e. The van der Waals surface area contributed by atoms with Crippen molar-refractivity contribution >= 4 is 17.2 Å². The van der Waals surface area contributed by atoms with E-state index in [4.69, 9.17) is 4.74 Å². The highest BCUT2D eigenvalue weighted by Crippen LogP contribution is 2.28. The van der Waals surface area contributed by atoms with Crippen LogP contribution in [0.15, 0.2) is 6.07 Å². The van der Waals surface area contributed by atoms with Crippen molar-refractivity contribution in [3.05, 3.63) is 21.4 Å². The Hall–Kier alpha value is -0.910. The number of aliphatic hydroxyl groups is 1. The van der Waals surface area contributed by atoms with Crippen molar-refractivity contribution in [2.24, 2.45) is 0 Å². The first-order chi connectivity index (χ1) is 10.2. The van der Waals surface area contributed by atoms with Crippen molar-refractivity contribution < 1.29 is 14.6 Å². The van der Waals surface area contributed by atoms with Crippen molar-refractivity contribution in [1.29, 1.82) is 0 Å². The standard InChI is InChI=1S/C16H23NO3S/c18-15(17-10-16(19)7-8-20-11-16)14-9-12-5-3-1-2-4-6-13(12)21-14/h9,19H,1-8,10-11H2,(H,17,18). The lowest BCUT2D eigenvalue weighted by Gasteiger charge is -2.20. The molecule has 0 spiro atoms. The fourth-order valence-corrected chi connectivity index (χ4v) is 4.19. The molecule has 1 atom stereocenters. The third-order valence-electron chi connectivity index (χ3n) is 4.38. The Balaban J connectivity index is 1.63. The number of aryl methyl sites for hydroxylation is 2.